The first-order chi connectivity index (χ1) is 8.81. The van der Waals surface area contributed by atoms with E-state index < -0.39 is 0 Å². The topological polar surface area (TPSA) is 45.5 Å². The van der Waals surface area contributed by atoms with Gasteiger partial charge in [0.25, 0.3) is 0 Å². The standard InChI is InChI=1S/C14H20N2O2/c1-3-16(10-6-9-15)11-12-18-14-8-5-4-7-13(14)17-2/h4-5,7-8H,3,6,10-12H2,1-2H3. The zero-order valence-electron chi connectivity index (χ0n) is 11.1. The van der Waals surface area contributed by atoms with E-state index in [0.29, 0.717) is 13.0 Å². The molecule has 0 heterocycles. The first kappa shape index (κ1) is 14.3. The summed E-state index contributed by atoms with van der Waals surface area (Å²) in [7, 11) is 1.63. The molecule has 4 heteroatoms. The maximum absolute atomic E-state index is 8.56. The average molecular weight is 248 g/mol. The third kappa shape index (κ3) is 4.64. The fourth-order valence-electron chi connectivity index (χ4n) is 1.66. The summed E-state index contributed by atoms with van der Waals surface area (Å²) in [6, 6.07) is 9.76. The largest absolute Gasteiger partial charge is 0.493 e. The van der Waals surface area contributed by atoms with Gasteiger partial charge in [-0.1, -0.05) is 19.1 Å². The molecule has 0 saturated carbocycles. The highest BCUT2D eigenvalue weighted by Crippen LogP contribution is 2.25. The Hall–Kier alpha value is -1.73. The van der Waals surface area contributed by atoms with Gasteiger partial charge in [0.1, 0.15) is 6.61 Å². The van der Waals surface area contributed by atoms with Crippen molar-refractivity contribution < 1.29 is 9.47 Å². The Balaban J connectivity index is 2.38. The maximum Gasteiger partial charge on any atom is 0.161 e. The van der Waals surface area contributed by atoms with E-state index in [1.54, 1.807) is 7.11 Å². The van der Waals surface area contributed by atoms with Gasteiger partial charge in [-0.05, 0) is 18.7 Å². The highest BCUT2D eigenvalue weighted by atomic mass is 16.5. The molecule has 0 fully saturated rings. The van der Waals surface area contributed by atoms with Crippen LogP contribution < -0.4 is 9.47 Å². The summed E-state index contributed by atoms with van der Waals surface area (Å²) in [4.78, 5) is 2.19. The molecule has 0 spiro atoms. The van der Waals surface area contributed by atoms with E-state index in [4.69, 9.17) is 14.7 Å². The molecule has 0 saturated heterocycles. The van der Waals surface area contributed by atoms with Gasteiger partial charge in [0.05, 0.1) is 13.2 Å². The van der Waals surface area contributed by atoms with Crippen LogP contribution in [0.2, 0.25) is 0 Å². The molecular formula is C14H20N2O2. The summed E-state index contributed by atoms with van der Waals surface area (Å²) in [5.41, 5.74) is 0. The van der Waals surface area contributed by atoms with Crippen molar-refractivity contribution in [1.82, 2.24) is 4.90 Å². The monoisotopic (exact) mass is 248 g/mol. The molecule has 0 atom stereocenters. The number of nitrogens with zero attached hydrogens (tertiary/aromatic N) is 2. The van der Waals surface area contributed by atoms with Crippen LogP contribution in [0.4, 0.5) is 0 Å². The van der Waals surface area contributed by atoms with Gasteiger partial charge in [0.15, 0.2) is 11.5 Å². The summed E-state index contributed by atoms with van der Waals surface area (Å²) in [5.74, 6) is 1.51. The smallest absolute Gasteiger partial charge is 0.161 e. The van der Waals surface area contributed by atoms with E-state index in [-0.39, 0.29) is 0 Å². The van der Waals surface area contributed by atoms with Crippen molar-refractivity contribution in [2.45, 2.75) is 13.3 Å². The van der Waals surface area contributed by atoms with E-state index in [0.717, 1.165) is 31.1 Å². The van der Waals surface area contributed by atoms with Crippen LogP contribution in [0, 0.1) is 11.3 Å². The van der Waals surface area contributed by atoms with Gasteiger partial charge in [-0.25, -0.2) is 0 Å². The van der Waals surface area contributed by atoms with Gasteiger partial charge in [0.2, 0.25) is 0 Å². The summed E-state index contributed by atoms with van der Waals surface area (Å²) in [5, 5.41) is 8.56. The first-order valence-electron chi connectivity index (χ1n) is 6.17. The molecule has 0 bridgehead atoms. The number of benzene rings is 1. The molecule has 0 unspecified atom stereocenters. The molecule has 98 valence electrons. The summed E-state index contributed by atoms with van der Waals surface area (Å²) < 4.78 is 10.9. The van der Waals surface area contributed by atoms with Gasteiger partial charge in [0, 0.05) is 19.5 Å². The molecule has 1 aromatic carbocycles. The molecule has 0 aliphatic carbocycles. The van der Waals surface area contributed by atoms with Gasteiger partial charge in [-0.15, -0.1) is 0 Å². The minimum atomic E-state index is 0.558. The molecule has 0 radical (unpaired) electrons. The highest BCUT2D eigenvalue weighted by molar-refractivity contribution is 5.39. The Morgan fingerprint density at radius 1 is 1.22 bits per heavy atom. The second kappa shape index (κ2) is 8.37. The molecule has 1 rings (SSSR count). The second-order valence-corrected chi connectivity index (χ2v) is 3.84. The number of rotatable bonds is 8. The van der Waals surface area contributed by atoms with E-state index in [2.05, 4.69) is 17.9 Å². The van der Waals surface area contributed by atoms with Crippen LogP contribution in [0.25, 0.3) is 0 Å². The predicted octanol–water partition coefficient (Wildman–Crippen LogP) is 2.31. The van der Waals surface area contributed by atoms with Crippen LogP contribution in [-0.4, -0.2) is 38.3 Å². The molecule has 1 aromatic rings. The number of hydrogen-bond acceptors (Lipinski definition) is 4. The Bertz CT molecular complexity index is 388. The van der Waals surface area contributed by atoms with Crippen LogP contribution in [0.15, 0.2) is 24.3 Å². The minimum absolute atomic E-state index is 0.558. The quantitative estimate of drug-likeness (QED) is 0.708. The van der Waals surface area contributed by atoms with Crippen LogP contribution >= 0.6 is 0 Å². The Labute approximate surface area is 109 Å². The van der Waals surface area contributed by atoms with Gasteiger partial charge in [-0.3, -0.25) is 4.90 Å². The second-order valence-electron chi connectivity index (χ2n) is 3.84. The van der Waals surface area contributed by atoms with Gasteiger partial charge in [-0.2, -0.15) is 5.26 Å². The van der Waals surface area contributed by atoms with Crippen LogP contribution in [0.1, 0.15) is 13.3 Å². The van der Waals surface area contributed by atoms with Crippen molar-refractivity contribution in [1.29, 1.82) is 5.26 Å². The highest BCUT2D eigenvalue weighted by Gasteiger charge is 2.05. The molecule has 0 aliphatic rings. The molecule has 0 amide bonds. The number of hydrogen-bond donors (Lipinski definition) is 0. The zero-order chi connectivity index (χ0) is 13.2. The van der Waals surface area contributed by atoms with E-state index >= 15 is 0 Å². The molecule has 4 nitrogen and oxygen atoms in total. The normalized spacial score (nSPS) is 10.1. The van der Waals surface area contributed by atoms with Gasteiger partial charge < -0.3 is 9.47 Å². The van der Waals surface area contributed by atoms with Crippen LogP contribution in [-0.2, 0) is 0 Å². The van der Waals surface area contributed by atoms with Crippen LogP contribution in [0.3, 0.4) is 0 Å². The Morgan fingerprint density at radius 3 is 2.56 bits per heavy atom. The first-order valence-corrected chi connectivity index (χ1v) is 6.17. The Morgan fingerprint density at radius 2 is 1.94 bits per heavy atom. The lowest BCUT2D eigenvalue weighted by Crippen LogP contribution is -2.29. The summed E-state index contributed by atoms with van der Waals surface area (Å²) >= 11 is 0. The van der Waals surface area contributed by atoms with Crippen LogP contribution in [0.5, 0.6) is 11.5 Å². The SMILES string of the molecule is CCN(CCC#N)CCOc1ccccc1OC. The summed E-state index contributed by atoms with van der Waals surface area (Å²) in [6.07, 6.45) is 0.558. The third-order valence-corrected chi connectivity index (χ3v) is 2.72. The van der Waals surface area contributed by atoms with Crippen molar-refractivity contribution in [2.75, 3.05) is 33.4 Å². The summed E-state index contributed by atoms with van der Waals surface area (Å²) in [6.45, 7) is 5.22. The van der Waals surface area contributed by atoms with Crippen molar-refractivity contribution >= 4 is 0 Å². The van der Waals surface area contributed by atoms with Crippen molar-refractivity contribution in [3.05, 3.63) is 24.3 Å². The molecule has 0 N–H and O–H groups in total. The average Bonchev–Trinajstić information content (AvgIpc) is 2.43. The number of nitriles is 1. The Kier molecular flexibility index (Phi) is 6.67. The lowest BCUT2D eigenvalue weighted by Gasteiger charge is -2.19. The van der Waals surface area contributed by atoms with Gasteiger partial charge >= 0.3 is 0 Å². The lowest BCUT2D eigenvalue weighted by atomic mass is 10.3. The number of para-hydroxylation sites is 2. The molecule has 0 aliphatic heterocycles. The third-order valence-electron chi connectivity index (χ3n) is 2.72. The molecule has 0 aromatic heterocycles. The fraction of sp³-hybridized carbons (Fsp3) is 0.500. The number of likely N-dealkylation sites (N-methyl/N-ethyl adjacent to an activating group) is 1. The van der Waals surface area contributed by atoms with Crippen molar-refractivity contribution in [3.63, 3.8) is 0 Å². The predicted molar refractivity (Wildman–Crippen MR) is 70.8 cm³/mol. The maximum atomic E-state index is 8.56. The molecule has 18 heavy (non-hydrogen) atoms. The fourth-order valence-corrected chi connectivity index (χ4v) is 1.66. The zero-order valence-corrected chi connectivity index (χ0v) is 11.1. The minimum Gasteiger partial charge on any atom is -0.493 e. The van der Waals surface area contributed by atoms with Crippen molar-refractivity contribution in [2.24, 2.45) is 0 Å². The van der Waals surface area contributed by atoms with Crippen molar-refractivity contribution in [3.8, 4) is 17.6 Å². The lowest BCUT2D eigenvalue weighted by molar-refractivity contribution is 0.213. The van der Waals surface area contributed by atoms with E-state index in [1.165, 1.54) is 0 Å². The number of methoxy groups -OCH3 is 1. The van der Waals surface area contributed by atoms with E-state index in [1.807, 2.05) is 24.3 Å². The molecular weight excluding hydrogens is 228 g/mol. The number of ether oxygens (including phenoxy) is 2. The van der Waals surface area contributed by atoms with E-state index in [9.17, 15) is 0 Å².